The average molecular weight is 328 g/mol. The Balaban J connectivity index is 2.53. The summed E-state index contributed by atoms with van der Waals surface area (Å²) in [6.07, 6.45) is -0.172. The highest BCUT2D eigenvalue weighted by Crippen LogP contribution is 2.40. The molecule has 0 aromatic heterocycles. The van der Waals surface area contributed by atoms with Crippen LogP contribution in [0.3, 0.4) is 0 Å². The van der Waals surface area contributed by atoms with E-state index in [-0.39, 0.29) is 11.0 Å². The van der Waals surface area contributed by atoms with E-state index in [1.54, 1.807) is 21.4 Å². The third kappa shape index (κ3) is 3.14. The predicted octanol–water partition coefficient (Wildman–Crippen LogP) is 3.72. The van der Waals surface area contributed by atoms with E-state index in [2.05, 4.69) is 0 Å². The summed E-state index contributed by atoms with van der Waals surface area (Å²) in [5.74, 6) is -0.964. The number of ether oxygens (including phenoxy) is 1. The number of rotatable bonds is 3. The molecule has 3 nitrogen and oxygen atoms in total. The molecule has 3 unspecified atom stereocenters. The molecule has 0 fully saturated rings. The van der Waals surface area contributed by atoms with Crippen molar-refractivity contribution in [3.63, 3.8) is 0 Å². The zero-order valence-electron chi connectivity index (χ0n) is 12.7. The number of fused-ring (bicyclic) bond motifs is 1. The molecule has 3 atom stereocenters. The van der Waals surface area contributed by atoms with Crippen LogP contribution in [0.4, 0.5) is 8.78 Å². The molecular weight excluding hydrogens is 309 g/mol. The van der Waals surface area contributed by atoms with E-state index in [1.165, 1.54) is 6.08 Å². The van der Waals surface area contributed by atoms with Crippen molar-refractivity contribution in [3.8, 4) is 5.75 Å². The molecule has 1 heterocycles. The molecule has 0 amide bonds. The first-order valence-corrected chi connectivity index (χ1v) is 7.44. The summed E-state index contributed by atoms with van der Waals surface area (Å²) in [4.78, 5) is 11.3. The van der Waals surface area contributed by atoms with E-state index in [1.807, 2.05) is 26.8 Å². The van der Waals surface area contributed by atoms with Gasteiger partial charge in [-0.25, -0.2) is 13.6 Å². The Morgan fingerprint density at radius 3 is 2.55 bits per heavy atom. The van der Waals surface area contributed by atoms with Gasteiger partial charge in [-0.15, -0.1) is 0 Å². The van der Waals surface area contributed by atoms with Gasteiger partial charge >= 0.3 is 5.97 Å². The van der Waals surface area contributed by atoms with Crippen LogP contribution in [-0.4, -0.2) is 29.3 Å². The van der Waals surface area contributed by atoms with Crippen LogP contribution in [0.2, 0.25) is 0 Å². The maximum Gasteiger partial charge on any atom is 0.335 e. The molecule has 22 heavy (non-hydrogen) atoms. The minimum absolute atomic E-state index is 0.140. The third-order valence-corrected chi connectivity index (χ3v) is 4.06. The van der Waals surface area contributed by atoms with Crippen LogP contribution < -0.4 is 4.74 Å². The molecule has 1 N–H and O–H groups in total. The Kier molecular flexibility index (Phi) is 4.31. The molecule has 1 aliphatic heterocycles. The number of carboxylic acids is 1. The first-order chi connectivity index (χ1) is 10.1. The Hall–Kier alpha value is -1.48. The number of hydrogen-bond acceptors (Lipinski definition) is 2. The molecule has 0 bridgehead atoms. The summed E-state index contributed by atoms with van der Waals surface area (Å²) < 4.78 is 32.8. The Bertz CT molecular complexity index is 633. The molecule has 1 aliphatic rings. The van der Waals surface area contributed by atoms with Crippen LogP contribution in [0, 0.1) is 0 Å². The number of carboxylic acid groups (broad SMARTS) is 1. The number of carbonyl (C=O) groups is 1. The number of benzene rings is 1. The van der Waals surface area contributed by atoms with Crippen LogP contribution in [0.1, 0.15) is 31.9 Å². The third-order valence-electron chi connectivity index (χ3n) is 3.61. The number of alkyl halides is 2. The van der Waals surface area contributed by atoms with E-state index in [9.17, 15) is 18.7 Å². The van der Waals surface area contributed by atoms with Crippen molar-refractivity contribution in [2.45, 2.75) is 37.7 Å². The molecule has 0 saturated carbocycles. The zero-order valence-corrected chi connectivity index (χ0v) is 13.8. The first-order valence-electron chi connectivity index (χ1n) is 6.86. The lowest BCUT2D eigenvalue weighted by molar-refractivity contribution is -0.134. The smallest absolute Gasteiger partial charge is 0.335 e. The first kappa shape index (κ1) is 16.9. The fourth-order valence-corrected chi connectivity index (χ4v) is 2.50. The Labute approximate surface area is 130 Å². The van der Waals surface area contributed by atoms with Gasteiger partial charge in [0.05, 0.1) is 5.57 Å². The summed E-state index contributed by atoms with van der Waals surface area (Å²) in [7, 11) is 1.71. The average Bonchev–Trinajstić information content (AvgIpc) is 2.44. The second-order valence-corrected chi connectivity index (χ2v) is 7.43. The van der Waals surface area contributed by atoms with Crippen LogP contribution in [0.5, 0.6) is 5.75 Å². The standard InChI is InChI=1S/C16H19F2O3P/c1-15(2,3)10-5-4-9-6-11(14(19)20)13(16(18,22)8-17)21-12(9)7-10/h4-7,13H,8,22H2,1-3H3,(H,19,20). The van der Waals surface area contributed by atoms with Crippen molar-refractivity contribution < 1.29 is 23.4 Å². The summed E-state index contributed by atoms with van der Waals surface area (Å²) in [6, 6.07) is 5.35. The molecule has 2 rings (SSSR count). The highest BCUT2D eigenvalue weighted by atomic mass is 31.0. The zero-order chi connectivity index (χ0) is 16.7. The van der Waals surface area contributed by atoms with Gasteiger partial charge in [-0.3, -0.25) is 0 Å². The number of hydrogen-bond donors (Lipinski definition) is 1. The minimum atomic E-state index is -2.49. The second-order valence-electron chi connectivity index (χ2n) is 6.47. The fraction of sp³-hybridized carbons (Fsp3) is 0.438. The Morgan fingerprint density at radius 1 is 1.41 bits per heavy atom. The van der Waals surface area contributed by atoms with Crippen LogP contribution >= 0.6 is 9.24 Å². The minimum Gasteiger partial charge on any atom is -0.481 e. The molecule has 0 saturated heterocycles. The van der Waals surface area contributed by atoms with Gasteiger partial charge in [-0.1, -0.05) is 42.1 Å². The molecule has 120 valence electrons. The summed E-state index contributed by atoms with van der Waals surface area (Å²) >= 11 is 0. The summed E-state index contributed by atoms with van der Waals surface area (Å²) in [5, 5.41) is 6.74. The SMILES string of the molecule is CC(C)(C)c1ccc2c(c1)OC(C(F)(P)CF)C(C(=O)O)=C2. The monoisotopic (exact) mass is 328 g/mol. The Morgan fingerprint density at radius 2 is 2.05 bits per heavy atom. The molecular formula is C16H19F2O3P. The highest BCUT2D eigenvalue weighted by molar-refractivity contribution is 7.18. The topological polar surface area (TPSA) is 46.5 Å². The summed E-state index contributed by atoms with van der Waals surface area (Å²) in [6.45, 7) is 4.69. The molecule has 1 aromatic carbocycles. The molecule has 6 heteroatoms. The lowest BCUT2D eigenvalue weighted by Gasteiger charge is -2.33. The van der Waals surface area contributed by atoms with E-state index in [0.29, 0.717) is 11.3 Å². The normalized spacial score (nSPS) is 20.5. The van der Waals surface area contributed by atoms with Crippen molar-refractivity contribution in [1.82, 2.24) is 0 Å². The van der Waals surface area contributed by atoms with Gasteiger partial charge in [0, 0.05) is 5.56 Å². The van der Waals surface area contributed by atoms with Crippen LogP contribution in [0.15, 0.2) is 23.8 Å². The van der Waals surface area contributed by atoms with Crippen molar-refractivity contribution in [3.05, 3.63) is 34.9 Å². The van der Waals surface area contributed by atoms with Gasteiger partial charge in [0.1, 0.15) is 12.4 Å². The molecule has 0 aliphatic carbocycles. The summed E-state index contributed by atoms with van der Waals surface area (Å²) in [5.41, 5.74) is 1.07. The van der Waals surface area contributed by atoms with Gasteiger partial charge in [0.2, 0.25) is 0 Å². The predicted molar refractivity (Wildman–Crippen MR) is 84.7 cm³/mol. The lowest BCUT2D eigenvalue weighted by atomic mass is 9.85. The lowest BCUT2D eigenvalue weighted by Crippen LogP contribution is -2.43. The largest absolute Gasteiger partial charge is 0.481 e. The fourth-order valence-electron chi connectivity index (χ4n) is 2.26. The quantitative estimate of drug-likeness (QED) is 0.860. The second kappa shape index (κ2) is 5.62. The molecule has 0 spiro atoms. The van der Waals surface area contributed by atoms with Gasteiger partial charge < -0.3 is 9.84 Å². The van der Waals surface area contributed by atoms with E-state index < -0.39 is 24.2 Å². The number of halogens is 2. The van der Waals surface area contributed by atoms with Crippen LogP contribution in [0.25, 0.3) is 6.08 Å². The van der Waals surface area contributed by atoms with Crippen molar-refractivity contribution >= 4 is 21.3 Å². The van der Waals surface area contributed by atoms with Crippen molar-refractivity contribution in [2.24, 2.45) is 0 Å². The van der Waals surface area contributed by atoms with E-state index in [4.69, 9.17) is 4.74 Å². The van der Waals surface area contributed by atoms with E-state index >= 15 is 0 Å². The van der Waals surface area contributed by atoms with Gasteiger partial charge in [0.15, 0.2) is 11.5 Å². The molecule has 1 aromatic rings. The highest BCUT2D eigenvalue weighted by Gasteiger charge is 2.44. The van der Waals surface area contributed by atoms with Crippen molar-refractivity contribution in [2.75, 3.05) is 6.67 Å². The van der Waals surface area contributed by atoms with Crippen molar-refractivity contribution in [1.29, 1.82) is 0 Å². The maximum absolute atomic E-state index is 14.3. The number of aliphatic carboxylic acids is 1. The van der Waals surface area contributed by atoms with E-state index in [0.717, 1.165) is 5.56 Å². The van der Waals surface area contributed by atoms with Gasteiger partial charge in [0.25, 0.3) is 0 Å². The maximum atomic E-state index is 14.3. The van der Waals surface area contributed by atoms with Crippen LogP contribution in [-0.2, 0) is 10.2 Å². The van der Waals surface area contributed by atoms with Gasteiger partial charge in [-0.05, 0) is 23.1 Å². The molecule has 0 radical (unpaired) electrons. The van der Waals surface area contributed by atoms with Gasteiger partial charge in [-0.2, -0.15) is 0 Å².